The van der Waals surface area contributed by atoms with Crippen molar-refractivity contribution in [3.8, 4) is 6.07 Å². The number of carbonyl (C=O) groups is 1. The molecular formula is C13H16N2O3S. The number of hydrogen-bond acceptors (Lipinski definition) is 6. The van der Waals surface area contributed by atoms with Crippen LogP contribution in [0.3, 0.4) is 0 Å². The quantitative estimate of drug-likeness (QED) is 0.608. The Kier molecular flexibility index (Phi) is 6.19. The molecule has 1 aromatic carbocycles. The molecule has 1 rings (SSSR count). The minimum atomic E-state index is -0.876. The first kappa shape index (κ1) is 15.3. The van der Waals surface area contributed by atoms with Crippen molar-refractivity contribution in [1.82, 2.24) is 0 Å². The first-order valence-corrected chi connectivity index (χ1v) is 6.77. The van der Waals surface area contributed by atoms with Crippen LogP contribution in [0.5, 0.6) is 0 Å². The number of nitrogens with one attached hydrogen (secondary N) is 1. The van der Waals surface area contributed by atoms with Gasteiger partial charge in [0.1, 0.15) is 12.1 Å². The van der Waals surface area contributed by atoms with Gasteiger partial charge in [-0.15, -0.1) is 11.8 Å². The van der Waals surface area contributed by atoms with E-state index in [1.54, 1.807) is 23.9 Å². The van der Waals surface area contributed by atoms with Crippen LogP contribution in [0.4, 0.5) is 5.69 Å². The minimum absolute atomic E-state index is 0.400. The van der Waals surface area contributed by atoms with E-state index in [0.717, 1.165) is 10.6 Å². The lowest BCUT2D eigenvalue weighted by Crippen LogP contribution is -2.34. The first-order valence-electron chi connectivity index (χ1n) is 5.79. The molecular weight excluding hydrogens is 264 g/mol. The van der Waals surface area contributed by atoms with E-state index >= 15 is 0 Å². The molecule has 102 valence electrons. The normalized spacial score (nSPS) is 11.5. The van der Waals surface area contributed by atoms with Crippen molar-refractivity contribution in [1.29, 1.82) is 5.26 Å². The second-order valence-corrected chi connectivity index (χ2v) is 4.93. The number of ether oxygens (including phenoxy) is 1. The molecule has 0 aliphatic carbocycles. The highest BCUT2D eigenvalue weighted by Crippen LogP contribution is 2.28. The summed E-state index contributed by atoms with van der Waals surface area (Å²) < 4.78 is 4.58. The van der Waals surface area contributed by atoms with Gasteiger partial charge < -0.3 is 15.2 Å². The highest BCUT2D eigenvalue weighted by Gasteiger charge is 2.19. The molecule has 0 saturated heterocycles. The number of methoxy groups -OCH3 is 1. The highest BCUT2D eigenvalue weighted by molar-refractivity contribution is 7.99. The topological polar surface area (TPSA) is 82.3 Å². The third-order valence-corrected chi connectivity index (χ3v) is 3.38. The molecule has 6 heteroatoms. The lowest BCUT2D eigenvalue weighted by molar-refractivity contribution is -0.142. The van der Waals surface area contributed by atoms with E-state index in [2.05, 4.69) is 16.1 Å². The van der Waals surface area contributed by atoms with Crippen LogP contribution in [-0.4, -0.2) is 36.6 Å². The number of thioether (sulfide) groups is 1. The summed E-state index contributed by atoms with van der Waals surface area (Å²) in [6.07, 6.45) is 0. The van der Waals surface area contributed by atoms with E-state index in [9.17, 15) is 15.2 Å². The predicted molar refractivity (Wildman–Crippen MR) is 74.1 cm³/mol. The zero-order valence-corrected chi connectivity index (χ0v) is 11.7. The molecule has 5 nitrogen and oxygen atoms in total. The predicted octanol–water partition coefficient (Wildman–Crippen LogP) is 1.62. The van der Waals surface area contributed by atoms with E-state index in [1.165, 1.54) is 7.11 Å². The number of esters is 1. The number of rotatable bonds is 6. The Hall–Kier alpha value is -1.71. The van der Waals surface area contributed by atoms with Gasteiger partial charge in [-0.3, -0.25) is 0 Å². The number of hydrogen-bond donors (Lipinski definition) is 2. The van der Waals surface area contributed by atoms with Crippen LogP contribution in [-0.2, 0) is 9.53 Å². The summed E-state index contributed by atoms with van der Waals surface area (Å²) in [6.45, 7) is 1.60. The van der Waals surface area contributed by atoms with Crippen molar-refractivity contribution < 1.29 is 14.6 Å². The number of anilines is 1. The standard InChI is InChI=1S/C13H16N2O3S/c1-3-19-12-6-4-5-10(9(12)7-14)15-11(8-16)13(17)18-2/h4-6,11,15-16H,3,8H2,1-2H3. The Labute approximate surface area is 116 Å². The Bertz CT molecular complexity index is 485. The molecule has 0 aliphatic rings. The third-order valence-electron chi connectivity index (χ3n) is 2.44. The van der Waals surface area contributed by atoms with Crippen LogP contribution in [0.25, 0.3) is 0 Å². The monoisotopic (exact) mass is 280 g/mol. The van der Waals surface area contributed by atoms with Crippen molar-refractivity contribution in [3.63, 3.8) is 0 Å². The zero-order valence-electron chi connectivity index (χ0n) is 10.8. The zero-order chi connectivity index (χ0) is 14.3. The largest absolute Gasteiger partial charge is 0.467 e. The minimum Gasteiger partial charge on any atom is -0.467 e. The van der Waals surface area contributed by atoms with Crippen molar-refractivity contribution in [2.24, 2.45) is 0 Å². The molecule has 0 amide bonds. The van der Waals surface area contributed by atoms with Gasteiger partial charge in [-0.05, 0) is 17.9 Å². The van der Waals surface area contributed by atoms with Gasteiger partial charge in [0.2, 0.25) is 0 Å². The summed E-state index contributed by atoms with van der Waals surface area (Å²) in [4.78, 5) is 12.3. The average Bonchev–Trinajstić information content (AvgIpc) is 2.44. The maximum absolute atomic E-state index is 11.4. The molecule has 0 saturated carbocycles. The number of aliphatic hydroxyl groups excluding tert-OH is 1. The van der Waals surface area contributed by atoms with Crippen LogP contribution < -0.4 is 5.32 Å². The molecule has 1 atom stereocenters. The Morgan fingerprint density at radius 1 is 1.63 bits per heavy atom. The summed E-state index contributed by atoms with van der Waals surface area (Å²) in [7, 11) is 1.25. The fourth-order valence-corrected chi connectivity index (χ4v) is 2.34. The molecule has 0 aliphatic heterocycles. The molecule has 0 heterocycles. The van der Waals surface area contributed by atoms with Crippen LogP contribution in [0, 0.1) is 11.3 Å². The van der Waals surface area contributed by atoms with Crippen molar-refractivity contribution in [3.05, 3.63) is 23.8 Å². The molecule has 0 radical (unpaired) electrons. The fraction of sp³-hybridized carbons (Fsp3) is 0.385. The van der Waals surface area contributed by atoms with Gasteiger partial charge in [0.05, 0.1) is 25.0 Å². The maximum atomic E-state index is 11.4. The van der Waals surface area contributed by atoms with Crippen LogP contribution in [0.15, 0.2) is 23.1 Å². The number of nitriles is 1. The SMILES string of the molecule is CCSc1cccc(NC(CO)C(=O)OC)c1C#N. The van der Waals surface area contributed by atoms with E-state index in [4.69, 9.17) is 0 Å². The number of carbonyl (C=O) groups excluding carboxylic acids is 1. The molecule has 2 N–H and O–H groups in total. The Balaban J connectivity index is 3.03. The molecule has 0 aromatic heterocycles. The number of nitrogens with zero attached hydrogens (tertiary/aromatic N) is 1. The Morgan fingerprint density at radius 3 is 2.89 bits per heavy atom. The van der Waals surface area contributed by atoms with Gasteiger partial charge in [-0.2, -0.15) is 5.26 Å². The lowest BCUT2D eigenvalue weighted by atomic mass is 10.1. The van der Waals surface area contributed by atoms with Crippen LogP contribution >= 0.6 is 11.8 Å². The summed E-state index contributed by atoms with van der Waals surface area (Å²) in [5, 5.41) is 21.2. The summed E-state index contributed by atoms with van der Waals surface area (Å²) in [5.74, 6) is 0.276. The number of aliphatic hydroxyl groups is 1. The summed E-state index contributed by atoms with van der Waals surface area (Å²) in [5.41, 5.74) is 0.988. The van der Waals surface area contributed by atoms with Crippen molar-refractivity contribution in [2.45, 2.75) is 17.9 Å². The summed E-state index contributed by atoms with van der Waals surface area (Å²) >= 11 is 1.55. The average molecular weight is 280 g/mol. The van der Waals surface area contributed by atoms with Gasteiger partial charge >= 0.3 is 5.97 Å². The maximum Gasteiger partial charge on any atom is 0.330 e. The number of benzene rings is 1. The molecule has 1 aromatic rings. The fourth-order valence-electron chi connectivity index (χ4n) is 1.55. The van der Waals surface area contributed by atoms with Gasteiger partial charge in [-0.1, -0.05) is 13.0 Å². The van der Waals surface area contributed by atoms with Crippen LogP contribution in [0.1, 0.15) is 12.5 Å². The van der Waals surface area contributed by atoms with Crippen molar-refractivity contribution >= 4 is 23.4 Å². The van der Waals surface area contributed by atoms with Gasteiger partial charge in [0.15, 0.2) is 0 Å². The second-order valence-electron chi connectivity index (χ2n) is 3.63. The molecule has 0 fully saturated rings. The van der Waals surface area contributed by atoms with Gasteiger partial charge in [0.25, 0.3) is 0 Å². The third kappa shape index (κ3) is 3.88. The summed E-state index contributed by atoms with van der Waals surface area (Å²) in [6, 6.07) is 6.59. The second kappa shape index (κ2) is 7.67. The van der Waals surface area contributed by atoms with Crippen molar-refractivity contribution in [2.75, 3.05) is 24.8 Å². The highest BCUT2D eigenvalue weighted by atomic mass is 32.2. The molecule has 19 heavy (non-hydrogen) atoms. The van der Waals surface area contributed by atoms with Gasteiger partial charge in [0, 0.05) is 4.90 Å². The van der Waals surface area contributed by atoms with E-state index in [-0.39, 0.29) is 0 Å². The van der Waals surface area contributed by atoms with E-state index < -0.39 is 18.6 Å². The Morgan fingerprint density at radius 2 is 2.37 bits per heavy atom. The molecule has 1 unspecified atom stereocenters. The first-order chi connectivity index (χ1) is 9.17. The van der Waals surface area contributed by atoms with E-state index in [0.29, 0.717) is 11.3 Å². The smallest absolute Gasteiger partial charge is 0.330 e. The van der Waals surface area contributed by atoms with E-state index in [1.807, 2.05) is 13.0 Å². The molecule has 0 spiro atoms. The van der Waals surface area contributed by atoms with Gasteiger partial charge in [-0.25, -0.2) is 4.79 Å². The van der Waals surface area contributed by atoms with Crippen LogP contribution in [0.2, 0.25) is 0 Å². The molecule has 0 bridgehead atoms. The lowest BCUT2D eigenvalue weighted by Gasteiger charge is -2.17.